The number of hydrogen-bond acceptors (Lipinski definition) is 9. The molecular weight excluding hydrogens is 350 g/mol. The van der Waals surface area contributed by atoms with Gasteiger partial charge in [0.15, 0.2) is 6.29 Å². The number of amides is 1. The molecule has 5 N–H and O–H groups in total. The Labute approximate surface area is 150 Å². The van der Waals surface area contributed by atoms with E-state index in [0.29, 0.717) is 5.56 Å². The molecule has 148 valence electrons. The van der Waals surface area contributed by atoms with Crippen LogP contribution in [0.15, 0.2) is 24.3 Å². The molecule has 0 unspecified atom stereocenters. The second-order valence-corrected chi connectivity index (χ2v) is 6.48. The highest BCUT2D eigenvalue weighted by atomic mass is 16.7. The number of aliphatic hydroxyl groups is 5. The normalized spacial score (nSPS) is 13.0. The van der Waals surface area contributed by atoms with Gasteiger partial charge in [-0.3, -0.25) is 0 Å². The molecule has 0 fully saturated rings. The van der Waals surface area contributed by atoms with Crippen LogP contribution in [0.25, 0.3) is 0 Å². The number of ether oxygens (including phenoxy) is 3. The molecule has 10 heteroatoms. The zero-order valence-electron chi connectivity index (χ0n) is 15.2. The molecule has 0 spiro atoms. The molecule has 10 nitrogen and oxygen atoms in total. The average molecular weight is 375 g/mol. The maximum atomic E-state index is 12.2. The molecule has 1 aromatic carbocycles. The summed E-state index contributed by atoms with van der Waals surface area (Å²) in [6.07, 6.45) is -6.21. The molecule has 0 bridgehead atoms. The lowest BCUT2D eigenvalue weighted by Crippen LogP contribution is -2.62. The quantitative estimate of drug-likeness (QED) is 0.430. The van der Waals surface area contributed by atoms with Gasteiger partial charge in [-0.05, 0) is 20.8 Å². The third-order valence-electron chi connectivity index (χ3n) is 3.19. The van der Waals surface area contributed by atoms with Crippen LogP contribution in [0.2, 0.25) is 0 Å². The molecule has 0 aromatic heterocycles. The van der Waals surface area contributed by atoms with Crippen LogP contribution in [-0.4, -0.2) is 62.4 Å². The molecule has 26 heavy (non-hydrogen) atoms. The second kappa shape index (κ2) is 7.84. The predicted molar refractivity (Wildman–Crippen MR) is 86.8 cm³/mol. The number of hydrogen-bond donors (Lipinski definition) is 5. The zero-order valence-corrected chi connectivity index (χ0v) is 15.2. The van der Waals surface area contributed by atoms with E-state index >= 15 is 0 Å². The Morgan fingerprint density at radius 2 is 1.42 bits per heavy atom. The summed E-state index contributed by atoms with van der Waals surface area (Å²) < 4.78 is 15.0. The lowest BCUT2D eigenvalue weighted by molar-refractivity contribution is -0.451. The summed E-state index contributed by atoms with van der Waals surface area (Å²) in [5.74, 6) is -3.31. The molecule has 1 rings (SSSR count). The highest BCUT2D eigenvalue weighted by Gasteiger charge is 2.51. The lowest BCUT2D eigenvalue weighted by Gasteiger charge is -2.39. The van der Waals surface area contributed by atoms with E-state index in [1.54, 1.807) is 0 Å². The Morgan fingerprint density at radius 1 is 0.962 bits per heavy atom. The van der Waals surface area contributed by atoms with Crippen molar-refractivity contribution in [1.29, 1.82) is 0 Å². The van der Waals surface area contributed by atoms with E-state index in [1.165, 1.54) is 59.3 Å². The molecule has 0 radical (unpaired) electrons. The van der Waals surface area contributed by atoms with Gasteiger partial charge in [-0.1, -0.05) is 24.3 Å². The lowest BCUT2D eigenvalue weighted by atomic mass is 10.1. The summed E-state index contributed by atoms with van der Waals surface area (Å²) in [4.78, 5) is 11.7. The first-order valence-corrected chi connectivity index (χ1v) is 7.55. The third kappa shape index (κ3) is 5.35. The van der Waals surface area contributed by atoms with Crippen molar-refractivity contribution < 1.29 is 44.5 Å². The van der Waals surface area contributed by atoms with Gasteiger partial charge in [-0.2, -0.15) is 4.90 Å². The molecule has 0 saturated carbocycles. The van der Waals surface area contributed by atoms with Crippen molar-refractivity contribution >= 4 is 6.09 Å². The molecule has 0 atom stereocenters. The fourth-order valence-electron chi connectivity index (χ4n) is 2.13. The van der Waals surface area contributed by atoms with Gasteiger partial charge in [0, 0.05) is 25.3 Å². The van der Waals surface area contributed by atoms with Crippen LogP contribution in [-0.2, 0) is 20.1 Å². The zero-order chi connectivity index (χ0) is 20.3. The topological polar surface area (TPSA) is 149 Å². The first kappa shape index (κ1) is 22.3. The Bertz CT molecular complexity index is 598. The SMILES string of the molecule is COC(OC)c1ccc(C(O)(O)N(C(=O)OC(C)(C)C)C(O)(O)O)cc1. The van der Waals surface area contributed by atoms with Crippen molar-refractivity contribution in [2.75, 3.05) is 14.2 Å². The summed E-state index contributed by atoms with van der Waals surface area (Å²) in [6.45, 7) is 4.41. The Balaban J connectivity index is 3.26. The first-order valence-electron chi connectivity index (χ1n) is 7.55. The van der Waals surface area contributed by atoms with E-state index in [1.807, 2.05) is 0 Å². The van der Waals surface area contributed by atoms with Crippen LogP contribution in [0.5, 0.6) is 0 Å². The average Bonchev–Trinajstić information content (AvgIpc) is 2.45. The van der Waals surface area contributed by atoms with Crippen LogP contribution < -0.4 is 0 Å². The fourth-order valence-corrected chi connectivity index (χ4v) is 2.13. The highest BCUT2D eigenvalue weighted by molar-refractivity contribution is 5.69. The van der Waals surface area contributed by atoms with Gasteiger partial charge in [0.25, 0.3) is 5.91 Å². The smallest absolute Gasteiger partial charge is 0.421 e. The van der Waals surface area contributed by atoms with Crippen molar-refractivity contribution in [2.24, 2.45) is 0 Å². The molecule has 0 aliphatic heterocycles. The number of rotatable bonds is 6. The summed E-state index contributed by atoms with van der Waals surface area (Å²) >= 11 is 0. The van der Waals surface area contributed by atoms with Gasteiger partial charge < -0.3 is 39.7 Å². The van der Waals surface area contributed by atoms with Gasteiger partial charge in [0.05, 0.1) is 0 Å². The summed E-state index contributed by atoms with van der Waals surface area (Å²) in [7, 11) is 2.82. The van der Waals surface area contributed by atoms with E-state index in [2.05, 4.69) is 0 Å². The molecule has 1 amide bonds. The van der Waals surface area contributed by atoms with E-state index in [9.17, 15) is 30.3 Å². The molecule has 0 heterocycles. The van der Waals surface area contributed by atoms with Crippen LogP contribution in [0.1, 0.15) is 38.2 Å². The first-order chi connectivity index (χ1) is 11.7. The van der Waals surface area contributed by atoms with E-state index in [-0.39, 0.29) is 5.56 Å². The number of nitrogens with zero attached hydrogens (tertiary/aromatic N) is 1. The van der Waals surface area contributed by atoms with Crippen LogP contribution >= 0.6 is 0 Å². The van der Waals surface area contributed by atoms with Crippen LogP contribution in [0.3, 0.4) is 0 Å². The van der Waals surface area contributed by atoms with Crippen LogP contribution in [0.4, 0.5) is 4.79 Å². The molecule has 0 aliphatic rings. The Hall–Kier alpha value is -1.79. The minimum Gasteiger partial charge on any atom is -0.443 e. The van der Waals surface area contributed by atoms with E-state index < -0.39 is 34.9 Å². The summed E-state index contributed by atoms with van der Waals surface area (Å²) in [5.41, 5.74) is -0.953. The highest BCUT2D eigenvalue weighted by Crippen LogP contribution is 2.30. The van der Waals surface area contributed by atoms with Crippen molar-refractivity contribution in [3.63, 3.8) is 0 Å². The molecular formula is C16H25NO9. The molecule has 0 saturated heterocycles. The monoisotopic (exact) mass is 375 g/mol. The third-order valence-corrected chi connectivity index (χ3v) is 3.19. The van der Waals surface area contributed by atoms with Crippen molar-refractivity contribution in [3.05, 3.63) is 35.4 Å². The largest absolute Gasteiger partial charge is 0.443 e. The number of benzene rings is 1. The number of carbonyl (C=O) groups is 1. The van der Waals surface area contributed by atoms with Crippen LogP contribution in [0, 0.1) is 0 Å². The summed E-state index contributed by atoms with van der Waals surface area (Å²) in [6, 6.07) is 5.14. The second-order valence-electron chi connectivity index (χ2n) is 6.48. The van der Waals surface area contributed by atoms with Gasteiger partial charge in [-0.15, -0.1) is 0 Å². The minimum atomic E-state index is -3.91. The maximum Gasteiger partial charge on any atom is 0.421 e. The van der Waals surface area contributed by atoms with E-state index in [0.717, 1.165) is 0 Å². The molecule has 0 aliphatic carbocycles. The Kier molecular flexibility index (Phi) is 6.71. The van der Waals surface area contributed by atoms with E-state index in [4.69, 9.17) is 14.2 Å². The van der Waals surface area contributed by atoms with Gasteiger partial charge in [0.2, 0.25) is 0 Å². The summed E-state index contributed by atoms with van der Waals surface area (Å²) in [5, 5.41) is 49.0. The maximum absolute atomic E-state index is 12.2. The predicted octanol–water partition coefficient (Wildman–Crippen LogP) is -0.102. The number of carbonyl (C=O) groups excluding carboxylic acids is 1. The standard InChI is InChI=1S/C16H25NO9/c1-14(2,3)26-13(18)17(16(21,22)23)15(19,20)11-8-6-10(7-9-11)12(24-4)25-5/h6-9,12,19-23H,1-5H3. The Morgan fingerprint density at radius 3 is 1.77 bits per heavy atom. The fraction of sp³-hybridized carbons (Fsp3) is 0.562. The minimum absolute atomic E-state index is 0.361. The van der Waals surface area contributed by atoms with Crippen molar-refractivity contribution in [1.82, 2.24) is 4.90 Å². The number of methoxy groups -OCH3 is 2. The van der Waals surface area contributed by atoms with Gasteiger partial charge in [-0.25, -0.2) is 4.79 Å². The van der Waals surface area contributed by atoms with Gasteiger partial charge >= 0.3 is 12.2 Å². The molecule has 1 aromatic rings. The van der Waals surface area contributed by atoms with Crippen molar-refractivity contribution in [3.8, 4) is 0 Å². The van der Waals surface area contributed by atoms with Gasteiger partial charge in [0.1, 0.15) is 5.60 Å². The van der Waals surface area contributed by atoms with Crippen molar-refractivity contribution in [2.45, 2.75) is 44.7 Å².